The monoisotopic (exact) mass is 418 g/mol. The molecule has 4 rings (SSSR count). The zero-order chi connectivity index (χ0) is 21.7. The maximum absolute atomic E-state index is 11.8. The summed E-state index contributed by atoms with van der Waals surface area (Å²) in [7, 11) is 1.49. The molecule has 4 aliphatic carbocycles. The van der Waals surface area contributed by atoms with Crippen LogP contribution >= 0.6 is 0 Å². The molecule has 0 bridgehead atoms. The van der Waals surface area contributed by atoms with Gasteiger partial charge in [-0.05, 0) is 97.2 Å². The first kappa shape index (κ1) is 22.6. The summed E-state index contributed by atoms with van der Waals surface area (Å²) in [4.78, 5) is 11.7. The van der Waals surface area contributed by atoms with Crippen LogP contribution < -0.4 is 0 Å². The van der Waals surface area contributed by atoms with E-state index in [1.165, 1.54) is 58.5 Å². The number of carbonyl (C=O) groups is 1. The van der Waals surface area contributed by atoms with E-state index in [4.69, 9.17) is 4.74 Å². The second-order valence-corrected chi connectivity index (χ2v) is 12.0. The van der Waals surface area contributed by atoms with E-state index in [0.717, 1.165) is 18.8 Å². The lowest BCUT2D eigenvalue weighted by Crippen LogP contribution is -2.61. The maximum atomic E-state index is 11.8. The highest BCUT2D eigenvalue weighted by Crippen LogP contribution is 2.69. The van der Waals surface area contributed by atoms with Crippen molar-refractivity contribution in [2.24, 2.45) is 52.3 Å². The molecule has 4 unspecified atom stereocenters. The minimum atomic E-state index is -0.107. The van der Waals surface area contributed by atoms with Crippen molar-refractivity contribution in [3.63, 3.8) is 0 Å². The Kier molecular flexibility index (Phi) is 6.34. The first-order valence-corrected chi connectivity index (χ1v) is 13.0. The van der Waals surface area contributed by atoms with E-state index >= 15 is 0 Å². The molecule has 0 aromatic carbocycles. The molecular formula is C27H46O3. The Balaban J connectivity index is 1.58. The zero-order valence-corrected chi connectivity index (χ0v) is 20.2. The Morgan fingerprint density at radius 2 is 1.77 bits per heavy atom. The van der Waals surface area contributed by atoms with Crippen molar-refractivity contribution < 1.29 is 14.6 Å². The summed E-state index contributed by atoms with van der Waals surface area (Å²) in [6, 6.07) is 0. The van der Waals surface area contributed by atoms with E-state index < -0.39 is 0 Å². The van der Waals surface area contributed by atoms with Gasteiger partial charge >= 0.3 is 5.97 Å². The van der Waals surface area contributed by atoms with E-state index in [0.29, 0.717) is 52.8 Å². The minimum Gasteiger partial charge on any atom is -0.469 e. The van der Waals surface area contributed by atoms with Gasteiger partial charge in [0.15, 0.2) is 0 Å². The fraction of sp³-hybridized carbons (Fsp3) is 0.963. The molecule has 4 aliphatic rings. The Labute approximate surface area is 184 Å². The van der Waals surface area contributed by atoms with Gasteiger partial charge in [-0.25, -0.2) is 0 Å². The van der Waals surface area contributed by atoms with E-state index in [9.17, 15) is 9.90 Å². The number of hydrogen-bond acceptors (Lipinski definition) is 3. The molecule has 0 aromatic rings. The third-order valence-corrected chi connectivity index (χ3v) is 11.1. The van der Waals surface area contributed by atoms with Crippen LogP contribution in [0.15, 0.2) is 0 Å². The number of ether oxygens (including phenoxy) is 1. The van der Waals surface area contributed by atoms with Gasteiger partial charge in [0.2, 0.25) is 0 Å². The van der Waals surface area contributed by atoms with Crippen molar-refractivity contribution in [3.8, 4) is 0 Å². The van der Waals surface area contributed by atoms with Crippen molar-refractivity contribution >= 4 is 5.97 Å². The Hall–Kier alpha value is -0.570. The van der Waals surface area contributed by atoms with Crippen LogP contribution in [0.3, 0.4) is 0 Å². The average molecular weight is 419 g/mol. The van der Waals surface area contributed by atoms with Gasteiger partial charge in [0.25, 0.3) is 0 Å². The molecule has 4 saturated carbocycles. The molecule has 3 nitrogen and oxygen atoms in total. The molecule has 3 heteroatoms. The van der Waals surface area contributed by atoms with Crippen LogP contribution in [0.5, 0.6) is 0 Å². The molecule has 1 N–H and O–H groups in total. The van der Waals surface area contributed by atoms with E-state index in [1.54, 1.807) is 0 Å². The molecule has 10 atom stereocenters. The molecule has 0 aliphatic heterocycles. The molecule has 30 heavy (non-hydrogen) atoms. The lowest BCUT2D eigenvalue weighted by Gasteiger charge is -2.64. The lowest BCUT2D eigenvalue weighted by molar-refractivity contribution is -0.194. The Morgan fingerprint density at radius 1 is 1.03 bits per heavy atom. The lowest BCUT2D eigenvalue weighted by atomic mass is 9.41. The van der Waals surface area contributed by atoms with Crippen molar-refractivity contribution in [1.82, 2.24) is 0 Å². The van der Waals surface area contributed by atoms with Gasteiger partial charge in [-0.1, -0.05) is 47.0 Å². The quantitative estimate of drug-likeness (QED) is 0.538. The summed E-state index contributed by atoms with van der Waals surface area (Å²) < 4.78 is 4.89. The molecule has 172 valence electrons. The number of carbonyl (C=O) groups excluding carboxylic acids is 1. The number of methoxy groups -OCH3 is 1. The van der Waals surface area contributed by atoms with Gasteiger partial charge in [0.05, 0.1) is 13.2 Å². The maximum Gasteiger partial charge on any atom is 0.305 e. The highest BCUT2D eigenvalue weighted by molar-refractivity contribution is 5.69. The molecule has 4 fully saturated rings. The first-order chi connectivity index (χ1) is 14.3. The van der Waals surface area contributed by atoms with Crippen LogP contribution in [0.4, 0.5) is 0 Å². The zero-order valence-electron chi connectivity index (χ0n) is 20.2. The van der Waals surface area contributed by atoms with Gasteiger partial charge in [-0.15, -0.1) is 0 Å². The topological polar surface area (TPSA) is 46.5 Å². The predicted molar refractivity (Wildman–Crippen MR) is 121 cm³/mol. The number of esters is 1. The number of rotatable bonds is 5. The summed E-state index contributed by atoms with van der Waals surface area (Å²) in [6.45, 7) is 9.83. The predicted octanol–water partition coefficient (Wildman–Crippen LogP) is 6.23. The third-order valence-electron chi connectivity index (χ3n) is 11.1. The Morgan fingerprint density at radius 3 is 2.47 bits per heavy atom. The van der Waals surface area contributed by atoms with E-state index in [2.05, 4.69) is 27.7 Å². The molecular weight excluding hydrogens is 372 g/mol. The van der Waals surface area contributed by atoms with Crippen LogP contribution in [-0.4, -0.2) is 24.3 Å². The van der Waals surface area contributed by atoms with E-state index in [1.807, 2.05) is 0 Å². The van der Waals surface area contributed by atoms with Gasteiger partial charge in [-0.3, -0.25) is 4.79 Å². The largest absolute Gasteiger partial charge is 0.469 e. The van der Waals surface area contributed by atoms with Crippen molar-refractivity contribution in [2.75, 3.05) is 7.11 Å². The number of hydrogen-bond donors (Lipinski definition) is 1. The standard InChI is InChI=1S/C27H46O3/c1-6-18-20-9-7-8-15-26(20,3)22-14-16-27(4)19(17(2)10-13-23(28)30-5)11-12-21(27)24(22)25(18)29/h17-22,24-25,29H,6-16H2,1-5H3/t17-,18-,19?,20?,21+,22+,24+,25-,26?,27?/m1/s1. The van der Waals surface area contributed by atoms with Gasteiger partial charge in [0, 0.05) is 6.42 Å². The highest BCUT2D eigenvalue weighted by Gasteiger charge is 2.64. The fourth-order valence-electron chi connectivity index (χ4n) is 9.66. The van der Waals surface area contributed by atoms with Crippen molar-refractivity contribution in [2.45, 2.75) is 104 Å². The number of fused-ring (bicyclic) bond motifs is 5. The van der Waals surface area contributed by atoms with Crippen LogP contribution in [-0.2, 0) is 9.53 Å². The normalized spacial score (nSPS) is 48.9. The molecule has 0 amide bonds. The highest BCUT2D eigenvalue weighted by atomic mass is 16.5. The smallest absolute Gasteiger partial charge is 0.305 e. The fourth-order valence-corrected chi connectivity index (χ4v) is 9.66. The van der Waals surface area contributed by atoms with E-state index in [-0.39, 0.29) is 12.1 Å². The van der Waals surface area contributed by atoms with Crippen LogP contribution in [0.1, 0.15) is 98.3 Å². The average Bonchev–Trinajstić information content (AvgIpc) is 3.09. The van der Waals surface area contributed by atoms with Crippen molar-refractivity contribution in [1.29, 1.82) is 0 Å². The molecule has 0 saturated heterocycles. The second-order valence-electron chi connectivity index (χ2n) is 12.0. The SMILES string of the molecule is CC[C@@H]1C2CCCCC2(C)[C@H]2CCC3(C)C([C@H](C)CCC(=O)OC)CC[C@H]3[C@@H]2[C@@H]1O. The molecule has 0 aromatic heterocycles. The first-order valence-electron chi connectivity index (χ1n) is 13.0. The summed E-state index contributed by atoms with van der Waals surface area (Å²) in [5, 5.41) is 11.8. The summed E-state index contributed by atoms with van der Waals surface area (Å²) in [5.41, 5.74) is 0.770. The van der Waals surface area contributed by atoms with Gasteiger partial charge in [0.1, 0.15) is 0 Å². The van der Waals surface area contributed by atoms with Crippen molar-refractivity contribution in [3.05, 3.63) is 0 Å². The minimum absolute atomic E-state index is 0.0741. The summed E-state index contributed by atoms with van der Waals surface area (Å²) in [6.07, 6.45) is 13.1. The van der Waals surface area contributed by atoms with Crippen LogP contribution in [0.25, 0.3) is 0 Å². The second kappa shape index (κ2) is 8.41. The number of aliphatic hydroxyl groups is 1. The van der Waals surface area contributed by atoms with Gasteiger partial charge < -0.3 is 9.84 Å². The molecule has 0 heterocycles. The molecule has 0 spiro atoms. The number of aliphatic hydroxyl groups excluding tert-OH is 1. The molecule has 0 radical (unpaired) electrons. The summed E-state index contributed by atoms with van der Waals surface area (Å²) >= 11 is 0. The summed E-state index contributed by atoms with van der Waals surface area (Å²) in [5.74, 6) is 4.24. The Bertz CT molecular complexity index is 632. The van der Waals surface area contributed by atoms with Gasteiger partial charge in [-0.2, -0.15) is 0 Å². The van der Waals surface area contributed by atoms with Crippen LogP contribution in [0.2, 0.25) is 0 Å². The third kappa shape index (κ3) is 3.37. The van der Waals surface area contributed by atoms with Crippen LogP contribution in [0, 0.1) is 52.3 Å².